The molecule has 0 radical (unpaired) electrons. The topological polar surface area (TPSA) is 61.7 Å². The van der Waals surface area contributed by atoms with Gasteiger partial charge in [0.05, 0.1) is 11.6 Å². The van der Waals surface area contributed by atoms with Crippen LogP contribution in [0.25, 0.3) is 0 Å². The van der Waals surface area contributed by atoms with Gasteiger partial charge in [-0.3, -0.25) is 0 Å². The normalized spacial score (nSPS) is 10.6. The number of hydrogen-bond donors (Lipinski definition) is 1. The number of hydrogen-bond acceptors (Lipinski definition) is 3. The van der Waals surface area contributed by atoms with Crippen molar-refractivity contribution in [3.63, 3.8) is 0 Å². The molecule has 0 aliphatic carbocycles. The van der Waals surface area contributed by atoms with E-state index in [2.05, 4.69) is 16.0 Å². The van der Waals surface area contributed by atoms with Crippen molar-refractivity contribution in [1.29, 1.82) is 5.26 Å². The van der Waals surface area contributed by atoms with E-state index in [0.29, 0.717) is 22.2 Å². The highest BCUT2D eigenvalue weighted by Gasteiger charge is 2.08. The molecule has 6 heteroatoms. The molecule has 27 heavy (non-hydrogen) atoms. The summed E-state index contributed by atoms with van der Waals surface area (Å²) in [5.41, 5.74) is 2.53. The van der Waals surface area contributed by atoms with Crippen LogP contribution in [0.2, 0.25) is 10.0 Å². The van der Waals surface area contributed by atoms with Gasteiger partial charge in [-0.05, 0) is 55.2 Å². The second-order valence-electron chi connectivity index (χ2n) is 6.20. The van der Waals surface area contributed by atoms with E-state index in [0.717, 1.165) is 48.4 Å². The van der Waals surface area contributed by atoms with Gasteiger partial charge in [0.2, 0.25) is 0 Å². The number of nitriles is 1. The number of rotatable bonds is 8. The number of nitrogens with one attached hydrogen (secondary N) is 1. The van der Waals surface area contributed by atoms with Crippen LogP contribution in [0.15, 0.2) is 48.8 Å². The largest absolute Gasteiger partial charge is 0.489 e. The third-order valence-corrected chi connectivity index (χ3v) is 4.84. The first-order chi connectivity index (χ1) is 13.2. The summed E-state index contributed by atoms with van der Waals surface area (Å²) in [5.74, 6) is 1.77. The maximum absolute atomic E-state index is 9.19. The van der Waals surface area contributed by atoms with Crippen LogP contribution in [-0.4, -0.2) is 9.97 Å². The molecule has 1 aromatic heterocycles. The van der Waals surface area contributed by atoms with Crippen molar-refractivity contribution in [1.82, 2.24) is 9.97 Å². The van der Waals surface area contributed by atoms with Gasteiger partial charge in [-0.2, -0.15) is 5.26 Å². The molecule has 1 heterocycles. The second kappa shape index (κ2) is 9.45. The molecule has 0 spiro atoms. The average molecular weight is 400 g/mol. The SMILES string of the molecule is N#Cc1ccc(OCc2ccc(Cl)cc2Cl)c(CCCCc2ncc[nH]2)c1. The molecule has 0 fully saturated rings. The molecule has 0 saturated carbocycles. The first-order valence-electron chi connectivity index (χ1n) is 8.73. The van der Waals surface area contributed by atoms with Crippen LogP contribution in [0, 0.1) is 11.3 Å². The Labute approximate surface area is 168 Å². The molecule has 0 saturated heterocycles. The Bertz CT molecular complexity index is 933. The van der Waals surface area contributed by atoms with Crippen molar-refractivity contribution in [2.45, 2.75) is 32.3 Å². The van der Waals surface area contributed by atoms with Gasteiger partial charge in [-0.1, -0.05) is 29.3 Å². The third-order valence-electron chi connectivity index (χ3n) is 4.25. The van der Waals surface area contributed by atoms with Crippen molar-refractivity contribution in [3.8, 4) is 11.8 Å². The molecule has 138 valence electrons. The fraction of sp³-hybridized carbons (Fsp3) is 0.238. The van der Waals surface area contributed by atoms with Crippen LogP contribution in [0.4, 0.5) is 0 Å². The highest BCUT2D eigenvalue weighted by molar-refractivity contribution is 6.35. The van der Waals surface area contributed by atoms with Gasteiger partial charge >= 0.3 is 0 Å². The number of aromatic amines is 1. The monoisotopic (exact) mass is 399 g/mol. The Morgan fingerprint density at radius 2 is 1.89 bits per heavy atom. The molecule has 0 bridgehead atoms. The Balaban J connectivity index is 1.64. The van der Waals surface area contributed by atoms with Gasteiger partial charge < -0.3 is 9.72 Å². The molecular weight excluding hydrogens is 381 g/mol. The van der Waals surface area contributed by atoms with E-state index in [4.69, 9.17) is 27.9 Å². The van der Waals surface area contributed by atoms with Crippen molar-refractivity contribution >= 4 is 23.2 Å². The number of aryl methyl sites for hydroxylation is 2. The van der Waals surface area contributed by atoms with Gasteiger partial charge in [0.15, 0.2) is 0 Å². The Morgan fingerprint density at radius 3 is 2.63 bits per heavy atom. The summed E-state index contributed by atoms with van der Waals surface area (Å²) < 4.78 is 5.99. The van der Waals surface area contributed by atoms with Crippen LogP contribution in [0.1, 0.15) is 35.4 Å². The minimum Gasteiger partial charge on any atom is -0.489 e. The molecule has 4 nitrogen and oxygen atoms in total. The molecule has 2 aromatic carbocycles. The van der Waals surface area contributed by atoms with E-state index in [1.54, 1.807) is 24.4 Å². The number of ether oxygens (including phenoxy) is 1. The third kappa shape index (κ3) is 5.50. The number of unbranched alkanes of at least 4 members (excludes halogenated alkanes) is 1. The summed E-state index contributed by atoms with van der Waals surface area (Å²) in [5, 5.41) is 10.4. The molecule has 0 unspecified atom stereocenters. The van der Waals surface area contributed by atoms with Crippen LogP contribution in [0.3, 0.4) is 0 Å². The van der Waals surface area contributed by atoms with Crippen LogP contribution < -0.4 is 4.74 Å². The number of halogens is 2. The molecule has 0 atom stereocenters. The van der Waals surface area contributed by atoms with E-state index in [-0.39, 0.29) is 0 Å². The summed E-state index contributed by atoms with van der Waals surface area (Å²) >= 11 is 12.2. The molecule has 0 aliphatic rings. The van der Waals surface area contributed by atoms with Gasteiger partial charge in [0.1, 0.15) is 18.2 Å². The smallest absolute Gasteiger partial charge is 0.123 e. The van der Waals surface area contributed by atoms with Gasteiger partial charge in [-0.25, -0.2) is 4.98 Å². The first kappa shape index (κ1) is 19.3. The number of imidazole rings is 1. The lowest BCUT2D eigenvalue weighted by Crippen LogP contribution is -2.00. The van der Waals surface area contributed by atoms with Crippen molar-refractivity contribution < 1.29 is 4.74 Å². The summed E-state index contributed by atoms with van der Waals surface area (Å²) in [6.45, 7) is 0.349. The molecule has 3 rings (SSSR count). The van der Waals surface area contributed by atoms with Crippen LogP contribution in [-0.2, 0) is 19.4 Å². The van der Waals surface area contributed by atoms with E-state index < -0.39 is 0 Å². The predicted molar refractivity (Wildman–Crippen MR) is 107 cm³/mol. The number of benzene rings is 2. The summed E-state index contributed by atoms with van der Waals surface area (Å²) in [6, 6.07) is 13.1. The Hall–Kier alpha value is -2.48. The minimum atomic E-state index is 0.349. The number of aromatic nitrogens is 2. The lowest BCUT2D eigenvalue weighted by atomic mass is 10.0. The second-order valence-corrected chi connectivity index (χ2v) is 7.05. The summed E-state index contributed by atoms with van der Waals surface area (Å²) in [4.78, 5) is 7.35. The first-order valence-corrected chi connectivity index (χ1v) is 9.49. The lowest BCUT2D eigenvalue weighted by molar-refractivity contribution is 0.302. The zero-order valence-electron chi connectivity index (χ0n) is 14.7. The number of H-pyrrole nitrogens is 1. The van der Waals surface area contributed by atoms with Crippen molar-refractivity contribution in [2.75, 3.05) is 0 Å². The van der Waals surface area contributed by atoms with Gasteiger partial charge in [0, 0.05) is 34.4 Å². The van der Waals surface area contributed by atoms with E-state index in [1.807, 2.05) is 24.4 Å². The predicted octanol–water partition coefficient (Wildman–Crippen LogP) is 5.73. The maximum Gasteiger partial charge on any atom is 0.123 e. The zero-order valence-corrected chi connectivity index (χ0v) is 16.2. The van der Waals surface area contributed by atoms with Gasteiger partial charge in [-0.15, -0.1) is 0 Å². The molecule has 3 aromatic rings. The fourth-order valence-corrected chi connectivity index (χ4v) is 3.29. The standard InChI is InChI=1S/C21H19Cl2N3O/c22-18-7-6-17(19(23)12-18)14-27-20-8-5-15(13-24)11-16(20)3-1-2-4-21-25-9-10-26-21/h5-12H,1-4,14H2,(H,25,26). The van der Waals surface area contributed by atoms with E-state index in [1.165, 1.54) is 0 Å². The van der Waals surface area contributed by atoms with Crippen molar-refractivity contribution in [3.05, 3.63) is 81.4 Å². The van der Waals surface area contributed by atoms with E-state index >= 15 is 0 Å². The Kier molecular flexibility index (Phi) is 6.75. The van der Waals surface area contributed by atoms with Gasteiger partial charge in [0.25, 0.3) is 0 Å². The summed E-state index contributed by atoms with van der Waals surface area (Å²) in [7, 11) is 0. The quantitative estimate of drug-likeness (QED) is 0.491. The molecular formula is C21H19Cl2N3O. The fourth-order valence-electron chi connectivity index (χ4n) is 2.82. The highest BCUT2D eigenvalue weighted by Crippen LogP contribution is 2.26. The van der Waals surface area contributed by atoms with Crippen LogP contribution in [0.5, 0.6) is 5.75 Å². The van der Waals surface area contributed by atoms with Crippen LogP contribution >= 0.6 is 23.2 Å². The molecule has 0 amide bonds. The van der Waals surface area contributed by atoms with E-state index in [9.17, 15) is 5.26 Å². The average Bonchev–Trinajstić information content (AvgIpc) is 3.18. The zero-order chi connectivity index (χ0) is 19.1. The Morgan fingerprint density at radius 1 is 1.04 bits per heavy atom. The molecule has 1 N–H and O–H groups in total. The number of nitrogens with zero attached hydrogens (tertiary/aromatic N) is 2. The van der Waals surface area contributed by atoms with Crippen molar-refractivity contribution in [2.24, 2.45) is 0 Å². The summed E-state index contributed by atoms with van der Waals surface area (Å²) in [6.07, 6.45) is 7.32. The maximum atomic E-state index is 9.19. The lowest BCUT2D eigenvalue weighted by Gasteiger charge is -2.13. The molecule has 0 aliphatic heterocycles. The highest BCUT2D eigenvalue weighted by atomic mass is 35.5. The minimum absolute atomic E-state index is 0.349.